The third kappa shape index (κ3) is 2.16. The third-order valence-electron chi connectivity index (χ3n) is 8.35. The van der Waals surface area contributed by atoms with Gasteiger partial charge in [-0.25, -0.2) is 5.48 Å². The highest BCUT2D eigenvalue weighted by Gasteiger charge is 2.59. The van der Waals surface area contributed by atoms with E-state index in [0.29, 0.717) is 17.8 Å². The number of carbonyl (C=O) groups excluding carboxylic acids is 2. The van der Waals surface area contributed by atoms with Crippen molar-refractivity contribution in [1.29, 1.82) is 0 Å². The molecule has 5 heteroatoms. The molecule has 3 N–H and O–H groups in total. The highest BCUT2D eigenvalue weighted by Crippen LogP contribution is 2.64. The smallest absolute Gasteiger partial charge is 0.255 e. The molecule has 1 aliphatic heterocycles. The van der Waals surface area contributed by atoms with Crippen molar-refractivity contribution in [3.05, 3.63) is 0 Å². The van der Waals surface area contributed by atoms with Crippen LogP contribution in [0.15, 0.2) is 0 Å². The summed E-state index contributed by atoms with van der Waals surface area (Å²) in [5, 5.41) is 12.1. The summed E-state index contributed by atoms with van der Waals surface area (Å²) in [6.07, 6.45) is 9.39. The lowest BCUT2D eigenvalue weighted by atomic mass is 9.47. The first kappa shape index (κ1) is 16.4. The van der Waals surface area contributed by atoms with Crippen molar-refractivity contribution in [3.8, 4) is 0 Å². The standard InChI is InChI=1S/C19H30N2O3/c1-18-8-3-4-13(18)11-5-6-15-19(2,14(11)7-9-18)10-12(16(22)20-15)17(23)21-24/h11-15,24H,3-10H2,1-2H3,(H,20,22)(H,21,23)/t11-,12?,13-,14-,15+,18-,19+/m0/s1. The summed E-state index contributed by atoms with van der Waals surface area (Å²) < 4.78 is 0. The van der Waals surface area contributed by atoms with Crippen molar-refractivity contribution < 1.29 is 14.8 Å². The molecule has 134 valence electrons. The number of fused-ring (bicyclic) bond motifs is 5. The van der Waals surface area contributed by atoms with Crippen molar-refractivity contribution in [2.24, 2.45) is 34.5 Å². The number of piperidine rings is 1. The Labute approximate surface area is 143 Å². The Morgan fingerprint density at radius 2 is 1.96 bits per heavy atom. The number of rotatable bonds is 1. The molecule has 0 aromatic rings. The first-order valence-electron chi connectivity index (χ1n) is 9.63. The van der Waals surface area contributed by atoms with Gasteiger partial charge in [-0.1, -0.05) is 20.3 Å². The molecule has 0 radical (unpaired) electrons. The minimum Gasteiger partial charge on any atom is -0.352 e. The van der Waals surface area contributed by atoms with Crippen LogP contribution >= 0.6 is 0 Å². The molecule has 1 unspecified atom stereocenters. The Morgan fingerprint density at radius 1 is 1.17 bits per heavy atom. The van der Waals surface area contributed by atoms with E-state index >= 15 is 0 Å². The number of hydrogen-bond donors (Lipinski definition) is 3. The van der Waals surface area contributed by atoms with Gasteiger partial charge < -0.3 is 5.32 Å². The molecule has 7 atom stereocenters. The lowest BCUT2D eigenvalue weighted by Crippen LogP contribution is -2.64. The highest BCUT2D eigenvalue weighted by molar-refractivity contribution is 6.00. The monoisotopic (exact) mass is 334 g/mol. The summed E-state index contributed by atoms with van der Waals surface area (Å²) in [5.74, 6) is 0.603. The largest absolute Gasteiger partial charge is 0.352 e. The van der Waals surface area contributed by atoms with Crippen molar-refractivity contribution >= 4 is 11.8 Å². The van der Waals surface area contributed by atoms with Crippen LogP contribution in [0.3, 0.4) is 0 Å². The van der Waals surface area contributed by atoms with E-state index in [1.807, 2.05) is 0 Å². The Kier molecular flexibility index (Phi) is 3.72. The zero-order valence-electron chi connectivity index (χ0n) is 14.8. The summed E-state index contributed by atoms with van der Waals surface area (Å²) in [6.45, 7) is 4.77. The molecule has 0 aromatic carbocycles. The summed E-state index contributed by atoms with van der Waals surface area (Å²) in [4.78, 5) is 24.3. The van der Waals surface area contributed by atoms with Crippen molar-refractivity contribution in [1.82, 2.24) is 10.8 Å². The molecule has 1 saturated heterocycles. The average molecular weight is 334 g/mol. The maximum atomic E-state index is 12.3. The van der Waals surface area contributed by atoms with Gasteiger partial charge in [0.25, 0.3) is 5.91 Å². The zero-order chi connectivity index (χ0) is 17.1. The lowest BCUT2D eigenvalue weighted by molar-refractivity contribution is -0.154. The average Bonchev–Trinajstić information content (AvgIpc) is 2.96. The molecule has 5 nitrogen and oxygen atoms in total. The van der Waals surface area contributed by atoms with E-state index in [1.54, 1.807) is 5.48 Å². The van der Waals surface area contributed by atoms with E-state index in [0.717, 1.165) is 18.3 Å². The fourth-order valence-electron chi connectivity index (χ4n) is 7.07. The molecular formula is C19H30N2O3. The first-order valence-corrected chi connectivity index (χ1v) is 9.63. The number of nitrogens with one attached hydrogen (secondary N) is 2. The van der Waals surface area contributed by atoms with E-state index in [9.17, 15) is 9.59 Å². The minimum atomic E-state index is -0.758. The van der Waals surface area contributed by atoms with Crippen molar-refractivity contribution in [2.45, 2.75) is 71.3 Å². The predicted molar refractivity (Wildman–Crippen MR) is 89.0 cm³/mol. The quantitative estimate of drug-likeness (QED) is 0.392. The Bertz CT molecular complexity index is 565. The van der Waals surface area contributed by atoms with Gasteiger partial charge in [0.05, 0.1) is 0 Å². The molecule has 3 aliphatic carbocycles. The lowest BCUT2D eigenvalue weighted by Gasteiger charge is -2.60. The first-order chi connectivity index (χ1) is 11.4. The van der Waals surface area contributed by atoms with Crippen molar-refractivity contribution in [3.63, 3.8) is 0 Å². The minimum absolute atomic E-state index is 0.0298. The predicted octanol–water partition coefficient (Wildman–Crippen LogP) is 2.63. The maximum Gasteiger partial charge on any atom is 0.255 e. The van der Waals surface area contributed by atoms with Crippen molar-refractivity contribution in [2.75, 3.05) is 0 Å². The van der Waals surface area contributed by atoms with Gasteiger partial charge >= 0.3 is 0 Å². The molecule has 4 aliphatic rings. The Balaban J connectivity index is 1.63. The second kappa shape index (κ2) is 5.45. The van der Waals surface area contributed by atoms with Crippen LogP contribution in [0, 0.1) is 34.5 Å². The van der Waals surface area contributed by atoms with Crippen LogP contribution < -0.4 is 10.8 Å². The van der Waals surface area contributed by atoms with Crippen LogP contribution in [0.5, 0.6) is 0 Å². The van der Waals surface area contributed by atoms with Gasteiger partial charge in [-0.3, -0.25) is 14.8 Å². The fraction of sp³-hybridized carbons (Fsp3) is 0.895. The van der Waals surface area contributed by atoms with E-state index in [2.05, 4.69) is 19.2 Å². The second-order valence-electron chi connectivity index (χ2n) is 9.34. The SMILES string of the molecule is C[C@@]12CCC[C@H]1[C@@H]1CC[C@H]3NC(=O)C(C(=O)NO)C[C@]3(C)[C@H]1CC2. The molecule has 4 fully saturated rings. The fourth-order valence-corrected chi connectivity index (χ4v) is 7.07. The van der Waals surface area contributed by atoms with E-state index in [-0.39, 0.29) is 17.4 Å². The zero-order valence-corrected chi connectivity index (χ0v) is 14.8. The van der Waals surface area contributed by atoms with Crippen LogP contribution in [0.2, 0.25) is 0 Å². The summed E-state index contributed by atoms with van der Waals surface area (Å²) in [7, 11) is 0. The molecule has 1 heterocycles. The summed E-state index contributed by atoms with van der Waals surface area (Å²) in [6, 6.07) is 0.180. The van der Waals surface area contributed by atoms with Gasteiger partial charge in [0.1, 0.15) is 5.92 Å². The number of carbonyl (C=O) groups is 2. The second-order valence-corrected chi connectivity index (χ2v) is 9.34. The highest BCUT2D eigenvalue weighted by atomic mass is 16.5. The van der Waals surface area contributed by atoms with Gasteiger partial charge in [-0.05, 0) is 73.5 Å². The van der Waals surface area contributed by atoms with Crippen LogP contribution in [-0.4, -0.2) is 23.1 Å². The number of hydroxylamine groups is 1. The maximum absolute atomic E-state index is 12.3. The molecule has 4 rings (SSSR count). The Morgan fingerprint density at radius 3 is 2.71 bits per heavy atom. The molecule has 0 aromatic heterocycles. The van der Waals surface area contributed by atoms with E-state index < -0.39 is 11.8 Å². The summed E-state index contributed by atoms with van der Waals surface area (Å²) >= 11 is 0. The normalized spacial score (nSPS) is 50.3. The Hall–Kier alpha value is -1.10. The molecule has 3 saturated carbocycles. The van der Waals surface area contributed by atoms with Crippen LogP contribution in [0.25, 0.3) is 0 Å². The van der Waals surface area contributed by atoms with E-state index in [4.69, 9.17) is 5.21 Å². The topological polar surface area (TPSA) is 78.4 Å². The third-order valence-corrected chi connectivity index (χ3v) is 8.35. The number of amides is 2. The van der Waals surface area contributed by atoms with Gasteiger partial charge in [0.15, 0.2) is 0 Å². The molecule has 2 amide bonds. The molecule has 24 heavy (non-hydrogen) atoms. The van der Waals surface area contributed by atoms with Gasteiger partial charge in [-0.2, -0.15) is 0 Å². The summed E-state index contributed by atoms with van der Waals surface area (Å²) in [5.41, 5.74) is 2.18. The number of hydrogen-bond acceptors (Lipinski definition) is 3. The van der Waals surface area contributed by atoms with Gasteiger partial charge in [-0.15, -0.1) is 0 Å². The van der Waals surface area contributed by atoms with Crippen LogP contribution in [-0.2, 0) is 9.59 Å². The van der Waals surface area contributed by atoms with E-state index in [1.165, 1.54) is 38.5 Å². The molecular weight excluding hydrogens is 304 g/mol. The van der Waals surface area contributed by atoms with Gasteiger partial charge in [0.2, 0.25) is 5.91 Å². The molecule has 0 bridgehead atoms. The van der Waals surface area contributed by atoms with Crippen LogP contribution in [0.4, 0.5) is 0 Å². The molecule has 0 spiro atoms. The van der Waals surface area contributed by atoms with Crippen LogP contribution in [0.1, 0.15) is 65.2 Å². The van der Waals surface area contributed by atoms with Gasteiger partial charge in [0, 0.05) is 6.04 Å².